The van der Waals surface area contributed by atoms with Gasteiger partial charge in [0.1, 0.15) is 0 Å². The molecule has 0 unspecified atom stereocenters. The van der Waals surface area contributed by atoms with Crippen molar-refractivity contribution in [3.63, 3.8) is 0 Å². The largest absolute Gasteiger partial charge is 0.309 e. The molecule has 1 aliphatic carbocycles. The molecule has 0 heterocycles. The lowest BCUT2D eigenvalue weighted by Gasteiger charge is -2.11. The van der Waals surface area contributed by atoms with E-state index in [1.165, 1.54) is 25.7 Å². The van der Waals surface area contributed by atoms with Gasteiger partial charge in [-0.25, -0.2) is 9.78 Å². The fourth-order valence-electron chi connectivity index (χ4n) is 1.57. The van der Waals surface area contributed by atoms with Gasteiger partial charge in [-0.05, 0) is 39.9 Å². The van der Waals surface area contributed by atoms with Gasteiger partial charge in [-0.15, -0.1) is 0 Å². The molecule has 0 radical (unpaired) electrons. The van der Waals surface area contributed by atoms with Gasteiger partial charge in [0.05, 0.1) is 12.7 Å². The van der Waals surface area contributed by atoms with E-state index < -0.39 is 0 Å². The summed E-state index contributed by atoms with van der Waals surface area (Å²) >= 11 is 0. The van der Waals surface area contributed by atoms with Gasteiger partial charge in [-0.2, -0.15) is 0 Å². The van der Waals surface area contributed by atoms with Crippen LogP contribution in [0.2, 0.25) is 0 Å². The van der Waals surface area contributed by atoms with Crippen LogP contribution in [0.1, 0.15) is 32.1 Å². The first-order valence-corrected chi connectivity index (χ1v) is 5.22. The number of nitrogens with zero attached hydrogens (tertiary/aromatic N) is 1. The fraction of sp³-hybridized carbons (Fsp3) is 1.00. The van der Waals surface area contributed by atoms with Crippen molar-refractivity contribution in [2.24, 2.45) is 0 Å². The van der Waals surface area contributed by atoms with Gasteiger partial charge in [-0.3, -0.25) is 0 Å². The molecule has 0 aromatic rings. The lowest BCUT2D eigenvalue weighted by molar-refractivity contribution is -0.323. The van der Waals surface area contributed by atoms with Crippen LogP contribution in [0, 0.1) is 0 Å². The summed E-state index contributed by atoms with van der Waals surface area (Å²) < 4.78 is 0. The van der Waals surface area contributed by atoms with E-state index in [9.17, 15) is 0 Å². The molecule has 0 aliphatic heterocycles. The summed E-state index contributed by atoms with van der Waals surface area (Å²) in [6.07, 6.45) is 6.36. The van der Waals surface area contributed by atoms with Crippen LogP contribution in [0.15, 0.2) is 0 Å². The molecule has 0 N–H and O–H groups in total. The van der Waals surface area contributed by atoms with E-state index >= 15 is 0 Å². The third-order valence-corrected chi connectivity index (χ3v) is 2.34. The van der Waals surface area contributed by atoms with Crippen LogP contribution >= 0.6 is 0 Å². The minimum Gasteiger partial charge on any atom is -0.309 e. The molecule has 0 aromatic heterocycles. The van der Waals surface area contributed by atoms with Crippen LogP contribution in [0.3, 0.4) is 0 Å². The highest BCUT2D eigenvalue weighted by Gasteiger charge is 2.15. The minimum atomic E-state index is 0.374. The molecule has 1 aliphatic rings. The lowest BCUT2D eigenvalue weighted by Crippen LogP contribution is -2.16. The molecule has 78 valence electrons. The topological polar surface area (TPSA) is 21.7 Å². The third-order valence-electron chi connectivity index (χ3n) is 2.34. The summed E-state index contributed by atoms with van der Waals surface area (Å²) in [5.41, 5.74) is 0. The van der Waals surface area contributed by atoms with Gasteiger partial charge >= 0.3 is 0 Å². The molecule has 3 heteroatoms. The van der Waals surface area contributed by atoms with Gasteiger partial charge in [0.25, 0.3) is 0 Å². The van der Waals surface area contributed by atoms with Crippen molar-refractivity contribution < 1.29 is 9.78 Å². The van der Waals surface area contributed by atoms with Crippen molar-refractivity contribution in [1.82, 2.24) is 4.90 Å². The van der Waals surface area contributed by atoms with Gasteiger partial charge in [0.15, 0.2) is 0 Å². The van der Waals surface area contributed by atoms with Crippen LogP contribution in [0.4, 0.5) is 0 Å². The van der Waals surface area contributed by atoms with Crippen LogP contribution < -0.4 is 0 Å². The molecule has 1 saturated carbocycles. The van der Waals surface area contributed by atoms with Crippen LogP contribution in [0.25, 0.3) is 0 Å². The Morgan fingerprint density at radius 2 is 1.92 bits per heavy atom. The second-order valence-electron chi connectivity index (χ2n) is 3.98. The molecule has 0 aromatic carbocycles. The van der Waals surface area contributed by atoms with Crippen molar-refractivity contribution in [1.29, 1.82) is 0 Å². The van der Waals surface area contributed by atoms with E-state index in [0.717, 1.165) is 13.0 Å². The summed E-state index contributed by atoms with van der Waals surface area (Å²) in [4.78, 5) is 12.6. The van der Waals surface area contributed by atoms with Crippen LogP contribution in [-0.4, -0.2) is 38.3 Å². The van der Waals surface area contributed by atoms with Crippen molar-refractivity contribution in [2.75, 3.05) is 27.2 Å². The molecule has 0 atom stereocenters. The Kier molecular flexibility index (Phi) is 5.35. The maximum atomic E-state index is 5.27. The van der Waals surface area contributed by atoms with E-state index in [4.69, 9.17) is 9.78 Å². The monoisotopic (exact) mass is 187 g/mol. The minimum absolute atomic E-state index is 0.374. The molecule has 0 amide bonds. The van der Waals surface area contributed by atoms with Crippen LogP contribution in [0.5, 0.6) is 0 Å². The van der Waals surface area contributed by atoms with E-state index in [0.29, 0.717) is 12.7 Å². The summed E-state index contributed by atoms with van der Waals surface area (Å²) in [7, 11) is 4.13. The molecular weight excluding hydrogens is 166 g/mol. The highest BCUT2D eigenvalue weighted by molar-refractivity contribution is 4.64. The quantitative estimate of drug-likeness (QED) is 0.360. The zero-order chi connectivity index (χ0) is 9.52. The fourth-order valence-corrected chi connectivity index (χ4v) is 1.57. The normalized spacial score (nSPS) is 18.7. The SMILES string of the molecule is CN(C)CCCOOC1CCCC1. The van der Waals surface area contributed by atoms with E-state index in [1.54, 1.807) is 0 Å². The van der Waals surface area contributed by atoms with Crippen LogP contribution in [-0.2, 0) is 9.78 Å². The first kappa shape index (κ1) is 11.0. The molecule has 0 saturated heterocycles. The molecule has 1 fully saturated rings. The molecular formula is C10H21NO2. The number of hydrogen-bond donors (Lipinski definition) is 0. The molecule has 0 spiro atoms. The third kappa shape index (κ3) is 5.24. The summed E-state index contributed by atoms with van der Waals surface area (Å²) in [5, 5.41) is 0. The van der Waals surface area contributed by atoms with Crippen molar-refractivity contribution >= 4 is 0 Å². The predicted octanol–water partition coefficient (Wildman–Crippen LogP) is 1.83. The average Bonchev–Trinajstić information content (AvgIpc) is 2.55. The van der Waals surface area contributed by atoms with Crippen molar-refractivity contribution in [2.45, 2.75) is 38.2 Å². The van der Waals surface area contributed by atoms with Gasteiger partial charge in [0, 0.05) is 0 Å². The molecule has 0 bridgehead atoms. The second-order valence-corrected chi connectivity index (χ2v) is 3.98. The smallest absolute Gasteiger partial charge is 0.0930 e. The Labute approximate surface area is 80.9 Å². The number of hydrogen-bond acceptors (Lipinski definition) is 3. The van der Waals surface area contributed by atoms with Gasteiger partial charge < -0.3 is 4.90 Å². The zero-order valence-electron chi connectivity index (χ0n) is 8.79. The van der Waals surface area contributed by atoms with Gasteiger partial charge in [-0.1, -0.05) is 12.8 Å². The number of rotatable bonds is 6. The lowest BCUT2D eigenvalue weighted by atomic mass is 10.3. The zero-order valence-corrected chi connectivity index (χ0v) is 8.79. The Balaban J connectivity index is 1.83. The molecule has 3 nitrogen and oxygen atoms in total. The standard InChI is InChI=1S/C10H21NO2/c1-11(2)8-5-9-12-13-10-6-3-4-7-10/h10H,3-9H2,1-2H3. The Hall–Kier alpha value is -0.120. The Morgan fingerprint density at radius 3 is 2.54 bits per heavy atom. The molecule has 13 heavy (non-hydrogen) atoms. The first-order valence-electron chi connectivity index (χ1n) is 5.22. The van der Waals surface area contributed by atoms with Gasteiger partial charge in [0.2, 0.25) is 0 Å². The Bertz CT molecular complexity index is 122. The van der Waals surface area contributed by atoms with E-state index in [1.807, 2.05) is 0 Å². The highest BCUT2D eigenvalue weighted by atomic mass is 17.2. The van der Waals surface area contributed by atoms with E-state index in [2.05, 4.69) is 19.0 Å². The average molecular weight is 187 g/mol. The van der Waals surface area contributed by atoms with Crippen molar-refractivity contribution in [3.8, 4) is 0 Å². The second kappa shape index (κ2) is 6.35. The van der Waals surface area contributed by atoms with E-state index in [-0.39, 0.29) is 0 Å². The first-order chi connectivity index (χ1) is 6.29. The summed E-state index contributed by atoms with van der Waals surface area (Å²) in [6.45, 7) is 1.78. The Morgan fingerprint density at radius 1 is 1.23 bits per heavy atom. The maximum absolute atomic E-state index is 5.27. The molecule has 1 rings (SSSR count). The summed E-state index contributed by atoms with van der Waals surface area (Å²) in [5.74, 6) is 0. The predicted molar refractivity (Wildman–Crippen MR) is 52.5 cm³/mol. The summed E-state index contributed by atoms with van der Waals surface area (Å²) in [6, 6.07) is 0. The van der Waals surface area contributed by atoms with Crippen molar-refractivity contribution in [3.05, 3.63) is 0 Å². The highest BCUT2D eigenvalue weighted by Crippen LogP contribution is 2.20. The maximum Gasteiger partial charge on any atom is 0.0930 e.